The Morgan fingerprint density at radius 1 is 1.27 bits per heavy atom. The van der Waals surface area contributed by atoms with Gasteiger partial charge >= 0.3 is 0 Å². The van der Waals surface area contributed by atoms with Crippen molar-refractivity contribution in [1.82, 2.24) is 4.98 Å². The topological polar surface area (TPSA) is 82.8 Å². The van der Waals surface area contributed by atoms with Crippen molar-refractivity contribution in [2.45, 2.75) is 64.2 Å². The zero-order valence-corrected chi connectivity index (χ0v) is 17.4. The molecule has 158 valence electrons. The van der Waals surface area contributed by atoms with Crippen molar-refractivity contribution in [3.63, 3.8) is 0 Å². The van der Waals surface area contributed by atoms with Crippen molar-refractivity contribution in [3.8, 4) is 0 Å². The smallest absolute Gasteiger partial charge is 0.139 e. The number of ketones is 1. The van der Waals surface area contributed by atoms with Gasteiger partial charge in [-0.3, -0.25) is 14.8 Å². The number of carbonyl (C=O) groups excluding carboxylic acids is 1. The second-order valence-electron chi connectivity index (χ2n) is 8.91. The molecule has 1 aliphatic carbocycles. The first-order chi connectivity index (χ1) is 14.3. The second kappa shape index (κ2) is 8.00. The molecule has 1 fully saturated rings. The van der Waals surface area contributed by atoms with Gasteiger partial charge in [0.25, 0.3) is 0 Å². The van der Waals surface area contributed by atoms with Crippen molar-refractivity contribution < 1.29 is 19.4 Å². The lowest BCUT2D eigenvalue weighted by Gasteiger charge is -2.29. The molecule has 6 heteroatoms. The number of aliphatic imine (C=N–C) groups is 1. The van der Waals surface area contributed by atoms with Crippen molar-refractivity contribution in [1.29, 1.82) is 0 Å². The number of aliphatic hydroxyl groups is 2. The highest BCUT2D eigenvalue weighted by molar-refractivity contribution is 6.07. The van der Waals surface area contributed by atoms with E-state index in [0.29, 0.717) is 23.9 Å². The average Bonchev–Trinajstić information content (AvgIpc) is 3.45. The van der Waals surface area contributed by atoms with Crippen LogP contribution in [0.1, 0.15) is 67.1 Å². The minimum absolute atomic E-state index is 0.0656. The monoisotopic (exact) mass is 410 g/mol. The van der Waals surface area contributed by atoms with E-state index >= 15 is 0 Å². The number of benzene rings is 1. The van der Waals surface area contributed by atoms with Crippen LogP contribution in [0.15, 0.2) is 35.3 Å². The molecule has 2 aromatic rings. The maximum atomic E-state index is 13.3. The molecule has 2 N–H and O–H groups in total. The van der Waals surface area contributed by atoms with E-state index in [2.05, 4.69) is 9.98 Å². The Bertz CT molecular complexity index is 989. The lowest BCUT2D eigenvalue weighted by molar-refractivity contribution is -0.120. The van der Waals surface area contributed by atoms with E-state index < -0.39 is 11.5 Å². The van der Waals surface area contributed by atoms with Crippen LogP contribution in [0.5, 0.6) is 0 Å². The standard InChI is InChI=1S/C24H27FN2O3/c1-24(2,30)20(14-5-7-17(25)8-6-14)11-19(29)10-18-9-16-12-26-23(15-3-4-15)22(16)21(13-28)27-18/h5-9,15,20,28,30H,3-4,10-13H2,1-2H3/t20-/m0/s1. The third-order valence-corrected chi connectivity index (χ3v) is 5.95. The van der Waals surface area contributed by atoms with Gasteiger partial charge in [0.15, 0.2) is 0 Å². The van der Waals surface area contributed by atoms with Gasteiger partial charge in [-0.05, 0) is 56.0 Å². The van der Waals surface area contributed by atoms with Gasteiger partial charge in [-0.2, -0.15) is 0 Å². The lowest BCUT2D eigenvalue weighted by Crippen LogP contribution is -2.31. The summed E-state index contributed by atoms with van der Waals surface area (Å²) < 4.78 is 13.3. The van der Waals surface area contributed by atoms with Crippen LogP contribution in [0.2, 0.25) is 0 Å². The number of halogens is 1. The van der Waals surface area contributed by atoms with Gasteiger partial charge in [-0.15, -0.1) is 0 Å². The summed E-state index contributed by atoms with van der Waals surface area (Å²) in [4.78, 5) is 22.1. The van der Waals surface area contributed by atoms with E-state index in [1.807, 2.05) is 6.07 Å². The Labute approximate surface area is 175 Å². The van der Waals surface area contributed by atoms with Gasteiger partial charge < -0.3 is 10.2 Å². The van der Waals surface area contributed by atoms with Crippen molar-refractivity contribution in [2.24, 2.45) is 10.9 Å². The SMILES string of the molecule is CC(C)(O)[C@@H](CC(=O)Cc1cc2c(c(CO)n1)C(C1CC1)=NC2)c1ccc(F)cc1. The highest BCUT2D eigenvalue weighted by atomic mass is 19.1. The Hall–Kier alpha value is -2.44. The number of pyridine rings is 1. The van der Waals surface area contributed by atoms with E-state index in [9.17, 15) is 19.4 Å². The summed E-state index contributed by atoms with van der Waals surface area (Å²) in [5.41, 5.74) is 3.84. The zero-order chi connectivity index (χ0) is 21.5. The molecule has 0 bridgehead atoms. The first-order valence-corrected chi connectivity index (χ1v) is 10.4. The minimum atomic E-state index is -1.14. The highest BCUT2D eigenvalue weighted by Gasteiger charge is 2.35. The Kier molecular flexibility index (Phi) is 5.55. The maximum absolute atomic E-state index is 13.3. The number of hydrogen-bond donors (Lipinski definition) is 2. The van der Waals surface area contributed by atoms with Crippen LogP contribution in [0.25, 0.3) is 0 Å². The van der Waals surface area contributed by atoms with E-state index in [-0.39, 0.29) is 31.0 Å². The number of carbonyl (C=O) groups is 1. The summed E-state index contributed by atoms with van der Waals surface area (Å²) in [5, 5.41) is 20.4. The number of nitrogens with zero attached hydrogens (tertiary/aromatic N) is 2. The third-order valence-electron chi connectivity index (χ3n) is 5.95. The second-order valence-corrected chi connectivity index (χ2v) is 8.91. The predicted octanol–water partition coefficient (Wildman–Crippen LogP) is 3.48. The molecule has 2 aliphatic rings. The maximum Gasteiger partial charge on any atom is 0.139 e. The first kappa shape index (κ1) is 20.8. The van der Waals surface area contributed by atoms with Gasteiger partial charge in [-0.1, -0.05) is 12.1 Å². The van der Waals surface area contributed by atoms with E-state index in [4.69, 9.17) is 0 Å². The van der Waals surface area contributed by atoms with Crippen LogP contribution in [0.3, 0.4) is 0 Å². The lowest BCUT2D eigenvalue weighted by atomic mass is 9.80. The molecule has 1 aliphatic heterocycles. The van der Waals surface area contributed by atoms with Crippen LogP contribution in [-0.2, 0) is 24.4 Å². The molecule has 5 nitrogen and oxygen atoms in total. The van der Waals surface area contributed by atoms with Gasteiger partial charge in [0, 0.05) is 41.6 Å². The molecule has 0 amide bonds. The summed E-state index contributed by atoms with van der Waals surface area (Å²) in [7, 11) is 0. The summed E-state index contributed by atoms with van der Waals surface area (Å²) in [6.45, 7) is 3.70. The molecule has 0 radical (unpaired) electrons. The van der Waals surface area contributed by atoms with Gasteiger partial charge in [0.2, 0.25) is 0 Å². The third kappa shape index (κ3) is 4.35. The van der Waals surface area contributed by atoms with Crippen molar-refractivity contribution in [3.05, 3.63) is 64.2 Å². The van der Waals surface area contributed by atoms with Crippen LogP contribution >= 0.6 is 0 Å². The Morgan fingerprint density at radius 2 is 1.97 bits per heavy atom. The molecule has 0 unspecified atom stereocenters. The van der Waals surface area contributed by atoms with E-state index in [1.165, 1.54) is 12.1 Å². The van der Waals surface area contributed by atoms with E-state index in [1.54, 1.807) is 26.0 Å². The van der Waals surface area contributed by atoms with Crippen LogP contribution < -0.4 is 0 Å². The molecule has 30 heavy (non-hydrogen) atoms. The first-order valence-electron chi connectivity index (χ1n) is 10.4. The molecule has 4 rings (SSSR count). The molecule has 0 saturated heterocycles. The molecule has 1 saturated carbocycles. The molecular formula is C24H27FN2O3. The van der Waals surface area contributed by atoms with Gasteiger partial charge in [0.05, 0.1) is 24.4 Å². The Morgan fingerprint density at radius 3 is 2.57 bits per heavy atom. The highest BCUT2D eigenvalue weighted by Crippen LogP contribution is 2.38. The Balaban J connectivity index is 1.53. The van der Waals surface area contributed by atoms with Crippen molar-refractivity contribution >= 4 is 11.5 Å². The average molecular weight is 410 g/mol. The summed E-state index contributed by atoms with van der Waals surface area (Å²) >= 11 is 0. The number of fused-ring (bicyclic) bond motifs is 1. The summed E-state index contributed by atoms with van der Waals surface area (Å²) in [6, 6.07) is 7.82. The summed E-state index contributed by atoms with van der Waals surface area (Å²) in [5.74, 6) is -0.397. The van der Waals surface area contributed by atoms with Crippen molar-refractivity contribution in [2.75, 3.05) is 0 Å². The molecule has 2 heterocycles. The van der Waals surface area contributed by atoms with E-state index in [0.717, 1.165) is 35.2 Å². The summed E-state index contributed by atoms with van der Waals surface area (Å²) in [6.07, 6.45) is 2.50. The normalized spacial score (nSPS) is 16.9. The van der Waals surface area contributed by atoms with Gasteiger partial charge in [-0.25, -0.2) is 4.39 Å². The number of rotatable bonds is 8. The largest absolute Gasteiger partial charge is 0.390 e. The fraction of sp³-hybridized carbons (Fsp3) is 0.458. The molecule has 1 atom stereocenters. The van der Waals surface area contributed by atoms with Gasteiger partial charge in [0.1, 0.15) is 11.6 Å². The van der Waals surface area contributed by atoms with Crippen LogP contribution in [0, 0.1) is 11.7 Å². The fourth-order valence-electron chi connectivity index (χ4n) is 4.27. The quantitative estimate of drug-likeness (QED) is 0.698. The minimum Gasteiger partial charge on any atom is -0.390 e. The molecular weight excluding hydrogens is 383 g/mol. The van der Waals surface area contributed by atoms with Crippen LogP contribution in [0.4, 0.5) is 4.39 Å². The molecule has 1 aromatic heterocycles. The number of hydrogen-bond acceptors (Lipinski definition) is 5. The number of aromatic nitrogens is 1. The number of aliphatic hydroxyl groups excluding tert-OH is 1. The molecule has 1 aromatic carbocycles. The fourth-order valence-corrected chi connectivity index (χ4v) is 4.27. The predicted molar refractivity (Wildman–Crippen MR) is 112 cm³/mol. The molecule has 0 spiro atoms. The zero-order valence-electron chi connectivity index (χ0n) is 17.4. The van der Waals surface area contributed by atoms with Crippen LogP contribution in [-0.4, -0.2) is 32.3 Å². The number of Topliss-reactive ketones (excluding diaryl/α,β-unsaturated/α-hetero) is 1.